The molecule has 0 aliphatic heterocycles. The number of aromatic nitrogens is 2. The zero-order valence-corrected chi connectivity index (χ0v) is 22.4. The lowest BCUT2D eigenvalue weighted by molar-refractivity contribution is -0.359. The summed E-state index contributed by atoms with van der Waals surface area (Å²) in [5.74, 6) is 0. The van der Waals surface area contributed by atoms with Gasteiger partial charge in [-0.3, -0.25) is 28.3 Å². The average Bonchev–Trinajstić information content (AvgIpc) is 2.95. The van der Waals surface area contributed by atoms with Gasteiger partial charge in [0.2, 0.25) is 10.9 Å². The Morgan fingerprint density at radius 3 is 1.43 bits per heavy atom. The Labute approximate surface area is 232 Å². The van der Waals surface area contributed by atoms with Crippen molar-refractivity contribution in [2.24, 2.45) is 0 Å². The Bertz CT molecular complexity index is 2880. The van der Waals surface area contributed by atoms with Gasteiger partial charge in [0, 0.05) is 39.1 Å². The van der Waals surface area contributed by atoms with Crippen molar-refractivity contribution in [3.8, 4) is 0 Å². The first-order valence-corrected chi connectivity index (χ1v) is 14.9. The number of nitrogens with one attached hydrogen (secondary N) is 2. The van der Waals surface area contributed by atoms with E-state index in [-0.39, 0.29) is 59.7 Å². The summed E-state index contributed by atoms with van der Waals surface area (Å²) >= 11 is 0. The first kappa shape index (κ1) is 25.9. The van der Waals surface area contributed by atoms with Crippen LogP contribution in [0.1, 0.15) is 0 Å². The normalized spacial score (nSPS) is 12.8. The largest absolute Gasteiger partial charge is 0.296 e. The summed E-state index contributed by atoms with van der Waals surface area (Å²) in [4.78, 5) is 57.4. The molecule has 0 spiro atoms. The third-order valence-electron chi connectivity index (χ3n) is 7.42. The summed E-state index contributed by atoms with van der Waals surface area (Å²) in [6, 6.07) is 13.5. The highest BCUT2D eigenvalue weighted by atomic mass is 32.2. The SMILES string of the molecule is O=c1c2ccccc2c(=O)c2c1ccc1[nH+]c3c(ccc4c(=O)c5c(S(=O)(=O)O)c(S(=O)(=O)O)ccc5c(=O)c43)[nH+]c12. The molecule has 0 unspecified atom stereocenters. The highest BCUT2D eigenvalue weighted by molar-refractivity contribution is 7.89. The van der Waals surface area contributed by atoms with Gasteiger partial charge in [-0.1, -0.05) is 24.3 Å². The second-order valence-corrected chi connectivity index (χ2v) is 12.4. The first-order chi connectivity index (χ1) is 19.8. The molecule has 1 heterocycles. The fraction of sp³-hybridized carbons (Fsp3) is 0. The van der Waals surface area contributed by atoms with E-state index in [2.05, 4.69) is 9.97 Å². The molecule has 6 aromatic carbocycles. The number of benzene rings is 6. The van der Waals surface area contributed by atoms with Crippen molar-refractivity contribution in [2.45, 2.75) is 9.79 Å². The molecule has 0 fully saturated rings. The van der Waals surface area contributed by atoms with Gasteiger partial charge in [0.05, 0.1) is 5.39 Å². The second kappa shape index (κ2) is 8.27. The molecule has 42 heavy (non-hydrogen) atoms. The van der Waals surface area contributed by atoms with Crippen LogP contribution in [0.25, 0.3) is 65.2 Å². The van der Waals surface area contributed by atoms with Crippen molar-refractivity contribution in [3.63, 3.8) is 0 Å². The lowest BCUT2D eigenvalue weighted by Gasteiger charge is -2.08. The molecule has 0 saturated heterocycles. The van der Waals surface area contributed by atoms with Gasteiger partial charge in [-0.2, -0.15) is 26.8 Å². The summed E-state index contributed by atoms with van der Waals surface area (Å²) in [7, 11) is -10.6. The Morgan fingerprint density at radius 1 is 0.476 bits per heavy atom. The average molecular weight is 603 g/mol. The van der Waals surface area contributed by atoms with Gasteiger partial charge in [0.25, 0.3) is 42.3 Å². The lowest BCUT2D eigenvalue weighted by atomic mass is 9.99. The molecule has 0 saturated carbocycles. The maximum atomic E-state index is 13.7. The zero-order chi connectivity index (χ0) is 29.9. The molecule has 0 aliphatic carbocycles. The van der Waals surface area contributed by atoms with Gasteiger partial charge >= 0.3 is 0 Å². The van der Waals surface area contributed by atoms with E-state index in [1.165, 1.54) is 24.3 Å². The van der Waals surface area contributed by atoms with E-state index in [9.17, 15) is 45.1 Å². The summed E-state index contributed by atoms with van der Waals surface area (Å²) in [6.07, 6.45) is 0. The van der Waals surface area contributed by atoms with Gasteiger partial charge in [0.15, 0.2) is 10.9 Å². The molecule has 14 heteroatoms. The van der Waals surface area contributed by atoms with Crippen LogP contribution in [0, 0.1) is 0 Å². The fourth-order valence-corrected chi connectivity index (χ4v) is 7.65. The zero-order valence-electron chi connectivity index (χ0n) is 20.8. The van der Waals surface area contributed by atoms with E-state index in [0.29, 0.717) is 11.6 Å². The molecule has 0 atom stereocenters. The van der Waals surface area contributed by atoms with Crippen LogP contribution < -0.4 is 31.7 Å². The molecule has 0 aliphatic rings. The van der Waals surface area contributed by atoms with Gasteiger partial charge in [0.1, 0.15) is 20.6 Å². The fourth-order valence-electron chi connectivity index (χ4n) is 5.66. The van der Waals surface area contributed by atoms with E-state index >= 15 is 0 Å². The highest BCUT2D eigenvalue weighted by Gasteiger charge is 2.31. The van der Waals surface area contributed by atoms with E-state index < -0.39 is 51.7 Å². The smallest absolute Gasteiger partial charge is 0.289 e. The molecular weight excluding hydrogens is 588 g/mol. The molecule has 7 rings (SSSR count). The third kappa shape index (κ3) is 3.40. The molecule has 12 nitrogen and oxygen atoms in total. The number of aromatic amines is 2. The van der Waals surface area contributed by atoms with Crippen molar-refractivity contribution in [1.29, 1.82) is 0 Å². The van der Waals surface area contributed by atoms with Crippen molar-refractivity contribution in [1.82, 2.24) is 0 Å². The van der Waals surface area contributed by atoms with Crippen LogP contribution in [0.3, 0.4) is 0 Å². The van der Waals surface area contributed by atoms with Crippen LogP contribution in [0.15, 0.2) is 89.6 Å². The van der Waals surface area contributed by atoms with Crippen LogP contribution in [-0.4, -0.2) is 25.9 Å². The second-order valence-electron chi connectivity index (χ2n) is 9.70. The lowest BCUT2D eigenvalue weighted by Crippen LogP contribution is -2.24. The van der Waals surface area contributed by atoms with Crippen LogP contribution in [0.2, 0.25) is 0 Å². The maximum Gasteiger partial charge on any atom is 0.296 e. The standard InChI is InChI=1S/C28H12N2O10S2/c31-24-11-3-1-2-4-12(11)25(32)19-13(24)5-8-16-22(19)29-17-9-6-14-20(23(17)30-16)26(33)15-7-10-18(41(35,36)37)28(42(38,39)40)21(15)27(14)34/h1-10H,(H,35,36,37)(H,38,39,40)/p+2. The van der Waals surface area contributed by atoms with Gasteiger partial charge in [-0.25, -0.2) is 0 Å². The minimum Gasteiger partial charge on any atom is -0.289 e. The molecule has 1 aromatic heterocycles. The van der Waals surface area contributed by atoms with Crippen LogP contribution in [0.5, 0.6) is 0 Å². The Kier molecular flexibility index (Phi) is 5.10. The first-order valence-electron chi connectivity index (χ1n) is 12.1. The monoisotopic (exact) mass is 602 g/mol. The summed E-state index contributed by atoms with van der Waals surface area (Å²) < 4.78 is 67.5. The minimum atomic E-state index is -5.41. The summed E-state index contributed by atoms with van der Waals surface area (Å²) in [5, 5.41) is -1.09. The van der Waals surface area contributed by atoms with E-state index in [0.717, 1.165) is 6.07 Å². The number of fused-ring (bicyclic) bond motifs is 8. The third-order valence-corrected chi connectivity index (χ3v) is 9.38. The van der Waals surface area contributed by atoms with E-state index in [1.54, 1.807) is 24.3 Å². The Balaban J connectivity index is 1.68. The molecule has 7 aromatic rings. The number of H-pyrrole nitrogens is 2. The predicted molar refractivity (Wildman–Crippen MR) is 152 cm³/mol. The Morgan fingerprint density at radius 2 is 0.905 bits per heavy atom. The minimum absolute atomic E-state index is 0.103. The van der Waals surface area contributed by atoms with Crippen LogP contribution >= 0.6 is 0 Å². The number of hydrogen-bond donors (Lipinski definition) is 2. The van der Waals surface area contributed by atoms with Gasteiger partial charge in [-0.05, 0) is 24.3 Å². The number of hydrogen-bond acceptors (Lipinski definition) is 8. The predicted octanol–water partition coefficient (Wildman–Crippen LogP) is 1.04. The quantitative estimate of drug-likeness (QED) is 0.163. The van der Waals surface area contributed by atoms with Gasteiger partial charge < -0.3 is 0 Å². The van der Waals surface area contributed by atoms with Crippen molar-refractivity contribution in [2.75, 3.05) is 0 Å². The van der Waals surface area contributed by atoms with E-state index in [1.807, 2.05) is 0 Å². The molecule has 0 amide bonds. The highest BCUT2D eigenvalue weighted by Crippen LogP contribution is 2.29. The van der Waals surface area contributed by atoms with Crippen molar-refractivity contribution >= 4 is 85.4 Å². The molecule has 0 bridgehead atoms. The molecule has 0 radical (unpaired) electrons. The molecular formula is C28H14N2O10S2+2. The van der Waals surface area contributed by atoms with Crippen molar-refractivity contribution in [3.05, 3.63) is 102 Å². The van der Waals surface area contributed by atoms with Gasteiger partial charge in [-0.15, -0.1) is 0 Å². The van der Waals surface area contributed by atoms with E-state index in [4.69, 9.17) is 0 Å². The summed E-state index contributed by atoms with van der Waals surface area (Å²) in [6.45, 7) is 0. The molecule has 4 N–H and O–H groups in total. The van der Waals surface area contributed by atoms with Crippen molar-refractivity contribution < 1.29 is 35.9 Å². The molecule has 206 valence electrons. The topological polar surface area (TPSA) is 205 Å². The summed E-state index contributed by atoms with van der Waals surface area (Å²) in [5.41, 5.74) is -1.75. The van der Waals surface area contributed by atoms with Crippen LogP contribution in [0.4, 0.5) is 0 Å². The maximum absolute atomic E-state index is 13.7. The van der Waals surface area contributed by atoms with Crippen LogP contribution in [-0.2, 0) is 20.2 Å². The number of rotatable bonds is 2. The Hall–Kier alpha value is -5.02.